The number of carbonyl (C=O) groups is 1. The fourth-order valence-electron chi connectivity index (χ4n) is 1.85. The van der Waals surface area contributed by atoms with Crippen molar-refractivity contribution in [3.8, 4) is 5.75 Å². The molecule has 0 spiro atoms. The zero-order valence-corrected chi connectivity index (χ0v) is 9.56. The highest BCUT2D eigenvalue weighted by atomic mass is 16.5. The number of amides is 1. The SMILES string of the molecule is C=CCC(N)C(=O)NC1COc2ccccc21. The van der Waals surface area contributed by atoms with Crippen molar-refractivity contribution < 1.29 is 9.53 Å². The molecule has 3 N–H and O–H groups in total. The molecule has 1 aromatic rings. The molecule has 2 atom stereocenters. The van der Waals surface area contributed by atoms with E-state index in [1.54, 1.807) is 6.08 Å². The van der Waals surface area contributed by atoms with Crippen LogP contribution in [0.3, 0.4) is 0 Å². The highest BCUT2D eigenvalue weighted by molar-refractivity contribution is 5.82. The molecular formula is C13H16N2O2. The van der Waals surface area contributed by atoms with Crippen molar-refractivity contribution in [1.29, 1.82) is 0 Å². The van der Waals surface area contributed by atoms with Gasteiger partial charge in [0.2, 0.25) is 5.91 Å². The van der Waals surface area contributed by atoms with Gasteiger partial charge in [-0.15, -0.1) is 6.58 Å². The Labute approximate surface area is 100 Å². The van der Waals surface area contributed by atoms with Crippen molar-refractivity contribution in [1.82, 2.24) is 5.32 Å². The number of para-hydroxylation sites is 1. The minimum Gasteiger partial charge on any atom is -0.491 e. The molecule has 4 heteroatoms. The van der Waals surface area contributed by atoms with Crippen molar-refractivity contribution in [2.45, 2.75) is 18.5 Å². The molecule has 90 valence electrons. The second kappa shape index (κ2) is 5.01. The summed E-state index contributed by atoms with van der Waals surface area (Å²) in [4.78, 5) is 11.8. The first kappa shape index (κ1) is 11.7. The van der Waals surface area contributed by atoms with Crippen LogP contribution >= 0.6 is 0 Å². The Morgan fingerprint density at radius 3 is 3.18 bits per heavy atom. The van der Waals surface area contributed by atoms with E-state index in [0.29, 0.717) is 13.0 Å². The minimum absolute atomic E-state index is 0.102. The van der Waals surface area contributed by atoms with Gasteiger partial charge in [-0.25, -0.2) is 0 Å². The van der Waals surface area contributed by atoms with Crippen LogP contribution in [0.2, 0.25) is 0 Å². The monoisotopic (exact) mass is 232 g/mol. The van der Waals surface area contributed by atoms with Gasteiger partial charge in [0.15, 0.2) is 0 Å². The highest BCUT2D eigenvalue weighted by Crippen LogP contribution is 2.31. The average Bonchev–Trinajstić information content (AvgIpc) is 2.73. The van der Waals surface area contributed by atoms with Gasteiger partial charge < -0.3 is 15.8 Å². The standard InChI is InChI=1S/C13H16N2O2/c1-2-5-10(14)13(16)15-11-8-17-12-7-4-3-6-9(11)12/h2-4,6-7,10-11H,1,5,8,14H2,(H,15,16). The van der Waals surface area contributed by atoms with Crippen LogP contribution in [0.1, 0.15) is 18.0 Å². The van der Waals surface area contributed by atoms with Crippen LogP contribution in [0.4, 0.5) is 0 Å². The normalized spacial score (nSPS) is 19.0. The smallest absolute Gasteiger partial charge is 0.237 e. The van der Waals surface area contributed by atoms with Crippen LogP contribution in [0.5, 0.6) is 5.75 Å². The molecule has 0 bridgehead atoms. The van der Waals surface area contributed by atoms with Crippen molar-refractivity contribution in [3.05, 3.63) is 42.5 Å². The summed E-state index contributed by atoms with van der Waals surface area (Å²) in [5.41, 5.74) is 6.71. The number of hydrogen-bond donors (Lipinski definition) is 2. The zero-order valence-electron chi connectivity index (χ0n) is 9.56. The summed E-state index contributed by atoms with van der Waals surface area (Å²) in [5, 5.41) is 2.88. The van der Waals surface area contributed by atoms with Crippen molar-refractivity contribution >= 4 is 5.91 Å². The predicted octanol–water partition coefficient (Wildman–Crippen LogP) is 1.14. The Bertz CT molecular complexity index is 431. The van der Waals surface area contributed by atoms with Gasteiger partial charge in [-0.1, -0.05) is 24.3 Å². The third-order valence-electron chi connectivity index (χ3n) is 2.77. The number of benzene rings is 1. The molecule has 2 rings (SSSR count). The van der Waals surface area contributed by atoms with Crippen LogP contribution in [-0.4, -0.2) is 18.6 Å². The van der Waals surface area contributed by atoms with Gasteiger partial charge in [-0.05, 0) is 12.5 Å². The van der Waals surface area contributed by atoms with Gasteiger partial charge in [-0.2, -0.15) is 0 Å². The average molecular weight is 232 g/mol. The van der Waals surface area contributed by atoms with Gasteiger partial charge >= 0.3 is 0 Å². The third-order valence-corrected chi connectivity index (χ3v) is 2.77. The number of rotatable bonds is 4. The molecule has 1 aromatic carbocycles. The van der Waals surface area contributed by atoms with E-state index in [2.05, 4.69) is 11.9 Å². The Hall–Kier alpha value is -1.81. The summed E-state index contributed by atoms with van der Waals surface area (Å²) in [5.74, 6) is 0.658. The number of hydrogen-bond acceptors (Lipinski definition) is 3. The fourth-order valence-corrected chi connectivity index (χ4v) is 1.85. The number of carbonyl (C=O) groups excluding carboxylic acids is 1. The molecule has 0 radical (unpaired) electrons. The van der Waals surface area contributed by atoms with E-state index in [9.17, 15) is 4.79 Å². The molecule has 17 heavy (non-hydrogen) atoms. The van der Waals surface area contributed by atoms with E-state index in [1.165, 1.54) is 0 Å². The van der Waals surface area contributed by atoms with E-state index < -0.39 is 6.04 Å². The molecular weight excluding hydrogens is 216 g/mol. The number of fused-ring (bicyclic) bond motifs is 1. The maximum absolute atomic E-state index is 11.8. The lowest BCUT2D eigenvalue weighted by molar-refractivity contribution is -0.123. The molecule has 1 amide bonds. The van der Waals surface area contributed by atoms with E-state index in [4.69, 9.17) is 10.5 Å². The molecule has 0 saturated carbocycles. The lowest BCUT2D eigenvalue weighted by Gasteiger charge is -2.15. The Morgan fingerprint density at radius 2 is 2.41 bits per heavy atom. The number of nitrogens with two attached hydrogens (primary N) is 1. The van der Waals surface area contributed by atoms with Crippen molar-refractivity contribution in [2.75, 3.05) is 6.61 Å². The van der Waals surface area contributed by atoms with Crippen LogP contribution in [-0.2, 0) is 4.79 Å². The topological polar surface area (TPSA) is 64.4 Å². The summed E-state index contributed by atoms with van der Waals surface area (Å²) in [6.07, 6.45) is 2.12. The summed E-state index contributed by atoms with van der Waals surface area (Å²) >= 11 is 0. The number of ether oxygens (including phenoxy) is 1. The van der Waals surface area contributed by atoms with E-state index in [-0.39, 0.29) is 11.9 Å². The maximum atomic E-state index is 11.8. The van der Waals surface area contributed by atoms with Crippen LogP contribution in [0.25, 0.3) is 0 Å². The van der Waals surface area contributed by atoms with E-state index >= 15 is 0 Å². The lowest BCUT2D eigenvalue weighted by atomic mass is 10.1. The first-order valence-corrected chi connectivity index (χ1v) is 5.61. The minimum atomic E-state index is -0.541. The molecule has 0 aliphatic carbocycles. The Balaban J connectivity index is 2.02. The fraction of sp³-hybridized carbons (Fsp3) is 0.308. The maximum Gasteiger partial charge on any atom is 0.237 e. The van der Waals surface area contributed by atoms with Crippen molar-refractivity contribution in [3.63, 3.8) is 0 Å². The van der Waals surface area contributed by atoms with Crippen LogP contribution in [0.15, 0.2) is 36.9 Å². The predicted molar refractivity (Wildman–Crippen MR) is 65.6 cm³/mol. The van der Waals surface area contributed by atoms with Gasteiger partial charge in [0, 0.05) is 5.56 Å². The van der Waals surface area contributed by atoms with Crippen LogP contribution < -0.4 is 15.8 Å². The Morgan fingerprint density at radius 1 is 1.65 bits per heavy atom. The number of nitrogens with one attached hydrogen (secondary N) is 1. The van der Waals surface area contributed by atoms with Gasteiger partial charge in [0.05, 0.1) is 12.1 Å². The van der Waals surface area contributed by atoms with Crippen LogP contribution in [0, 0.1) is 0 Å². The van der Waals surface area contributed by atoms with Gasteiger partial charge in [0.1, 0.15) is 12.4 Å². The lowest BCUT2D eigenvalue weighted by Crippen LogP contribution is -2.42. The van der Waals surface area contributed by atoms with Gasteiger partial charge in [-0.3, -0.25) is 4.79 Å². The molecule has 1 aliphatic heterocycles. The Kier molecular flexibility index (Phi) is 3.44. The molecule has 2 unspecified atom stereocenters. The first-order valence-electron chi connectivity index (χ1n) is 5.61. The second-order valence-electron chi connectivity index (χ2n) is 4.04. The quantitative estimate of drug-likeness (QED) is 0.765. The largest absolute Gasteiger partial charge is 0.491 e. The first-order chi connectivity index (χ1) is 8.22. The van der Waals surface area contributed by atoms with Gasteiger partial charge in [0.25, 0.3) is 0 Å². The molecule has 0 saturated heterocycles. The van der Waals surface area contributed by atoms with E-state index in [1.807, 2.05) is 24.3 Å². The summed E-state index contributed by atoms with van der Waals surface area (Å²) in [6, 6.07) is 7.04. The second-order valence-corrected chi connectivity index (χ2v) is 4.04. The van der Waals surface area contributed by atoms with Crippen molar-refractivity contribution in [2.24, 2.45) is 5.73 Å². The molecule has 1 heterocycles. The van der Waals surface area contributed by atoms with E-state index in [0.717, 1.165) is 11.3 Å². The highest BCUT2D eigenvalue weighted by Gasteiger charge is 2.26. The summed E-state index contributed by atoms with van der Waals surface area (Å²) in [7, 11) is 0. The molecule has 0 aromatic heterocycles. The molecule has 0 fully saturated rings. The third kappa shape index (κ3) is 2.47. The molecule has 4 nitrogen and oxygen atoms in total. The zero-order chi connectivity index (χ0) is 12.3. The summed E-state index contributed by atoms with van der Waals surface area (Å²) in [6.45, 7) is 4.03. The molecule has 1 aliphatic rings. The summed E-state index contributed by atoms with van der Waals surface area (Å²) < 4.78 is 5.48.